The van der Waals surface area contributed by atoms with E-state index in [0.717, 1.165) is 12.8 Å². The molecule has 0 aromatic carbocycles. The van der Waals surface area contributed by atoms with Gasteiger partial charge < -0.3 is 9.26 Å². The van der Waals surface area contributed by atoms with Gasteiger partial charge in [-0.1, -0.05) is 5.16 Å². The lowest BCUT2D eigenvalue weighted by molar-refractivity contribution is 0.149. The highest BCUT2D eigenvalue weighted by atomic mass is 32.2. The van der Waals surface area contributed by atoms with Crippen LogP contribution in [0.15, 0.2) is 9.42 Å². The number of hydrogen-bond donors (Lipinski definition) is 0. The van der Waals surface area contributed by atoms with Crippen LogP contribution in [0.3, 0.4) is 0 Å². The zero-order chi connectivity index (χ0) is 13.3. The van der Waals surface area contributed by atoms with E-state index in [4.69, 9.17) is 9.26 Å². The minimum Gasteiger partial charge on any atom is -0.383 e. The van der Waals surface area contributed by atoms with Gasteiger partial charge >= 0.3 is 0 Å². The lowest BCUT2D eigenvalue weighted by Crippen LogP contribution is -2.38. The third-order valence-corrected chi connectivity index (χ3v) is 5.41. The van der Waals surface area contributed by atoms with Gasteiger partial charge in [-0.3, -0.25) is 0 Å². The van der Waals surface area contributed by atoms with Crippen LogP contribution >= 0.6 is 0 Å². The van der Waals surface area contributed by atoms with Crippen LogP contribution in [0.25, 0.3) is 0 Å². The Morgan fingerprint density at radius 1 is 1.50 bits per heavy atom. The van der Waals surface area contributed by atoms with Gasteiger partial charge in [0.25, 0.3) is 0 Å². The van der Waals surface area contributed by atoms with Crippen LogP contribution in [0.1, 0.15) is 24.3 Å². The van der Waals surface area contributed by atoms with Crippen molar-refractivity contribution < 1.29 is 17.7 Å². The van der Waals surface area contributed by atoms with E-state index in [1.807, 2.05) is 0 Å². The fourth-order valence-corrected chi connectivity index (χ4v) is 4.42. The Bertz CT molecular complexity index is 504. The molecule has 0 bridgehead atoms. The van der Waals surface area contributed by atoms with Gasteiger partial charge in [-0.25, -0.2) is 8.42 Å². The average Bonchev–Trinajstić information content (AvgIpc) is 2.87. The molecule has 6 nitrogen and oxygen atoms in total. The molecule has 102 valence electrons. The van der Waals surface area contributed by atoms with Crippen LogP contribution in [-0.2, 0) is 14.8 Å². The summed E-state index contributed by atoms with van der Waals surface area (Å²) in [5.74, 6) is 0.343. The third-order valence-electron chi connectivity index (χ3n) is 3.22. The molecule has 1 aliphatic heterocycles. The number of hydrogen-bond acceptors (Lipinski definition) is 5. The molecular formula is C11H18N2O4S. The lowest BCUT2D eigenvalue weighted by Gasteiger charge is -2.23. The molecule has 2 rings (SSSR count). The minimum atomic E-state index is -3.53. The van der Waals surface area contributed by atoms with Crippen LogP contribution in [0.2, 0.25) is 0 Å². The van der Waals surface area contributed by atoms with Gasteiger partial charge in [0.1, 0.15) is 10.6 Å². The molecule has 0 saturated carbocycles. The van der Waals surface area contributed by atoms with Crippen molar-refractivity contribution in [1.82, 2.24) is 9.46 Å². The standard InChI is InChI=1S/C11H18N2O4S/c1-8-11(9(2)17-12-8)18(14,15)13-6-4-5-10(13)7-16-3/h10H,4-7H2,1-3H3/t10-/m0/s1. The molecule has 7 heteroatoms. The number of aryl methyl sites for hydroxylation is 2. The minimum absolute atomic E-state index is 0.0892. The first kappa shape index (κ1) is 13.5. The molecule has 1 aromatic heterocycles. The van der Waals surface area contributed by atoms with E-state index < -0.39 is 10.0 Å². The topological polar surface area (TPSA) is 72.6 Å². The Kier molecular flexibility index (Phi) is 3.74. The van der Waals surface area contributed by atoms with Crippen LogP contribution in [0, 0.1) is 13.8 Å². The van der Waals surface area contributed by atoms with Gasteiger partial charge in [0, 0.05) is 19.7 Å². The molecule has 2 heterocycles. The SMILES string of the molecule is COC[C@@H]1CCCN1S(=O)(=O)c1c(C)noc1C. The summed E-state index contributed by atoms with van der Waals surface area (Å²) in [6.45, 7) is 4.21. The zero-order valence-electron chi connectivity index (χ0n) is 10.8. The second-order valence-electron chi connectivity index (χ2n) is 4.52. The average molecular weight is 274 g/mol. The first-order valence-corrected chi connectivity index (χ1v) is 7.36. The Labute approximate surface area is 107 Å². The molecule has 1 atom stereocenters. The van der Waals surface area contributed by atoms with Crippen LogP contribution < -0.4 is 0 Å². The van der Waals surface area contributed by atoms with Gasteiger partial charge in [0.2, 0.25) is 10.0 Å². The van der Waals surface area contributed by atoms with Gasteiger partial charge in [-0.05, 0) is 26.7 Å². The summed E-state index contributed by atoms with van der Waals surface area (Å²) in [4.78, 5) is 0.200. The normalized spacial score (nSPS) is 21.6. The molecule has 1 fully saturated rings. The zero-order valence-corrected chi connectivity index (χ0v) is 11.7. The Morgan fingerprint density at radius 3 is 2.78 bits per heavy atom. The number of methoxy groups -OCH3 is 1. The number of aromatic nitrogens is 1. The number of sulfonamides is 1. The summed E-state index contributed by atoms with van der Waals surface area (Å²) in [5.41, 5.74) is 0.413. The highest BCUT2D eigenvalue weighted by Gasteiger charge is 2.38. The molecule has 18 heavy (non-hydrogen) atoms. The summed E-state index contributed by atoms with van der Waals surface area (Å²) < 4.78 is 36.7. The Balaban J connectivity index is 2.37. The van der Waals surface area contributed by atoms with Crippen molar-refractivity contribution in [3.63, 3.8) is 0 Å². The van der Waals surface area contributed by atoms with Crippen molar-refractivity contribution in [2.75, 3.05) is 20.3 Å². The number of rotatable bonds is 4. The van der Waals surface area contributed by atoms with E-state index in [-0.39, 0.29) is 10.9 Å². The Hall–Kier alpha value is -0.920. The molecule has 0 aliphatic carbocycles. The van der Waals surface area contributed by atoms with E-state index >= 15 is 0 Å². The first-order chi connectivity index (χ1) is 8.48. The van der Waals surface area contributed by atoms with Gasteiger partial charge in [0.05, 0.1) is 6.61 Å². The summed E-state index contributed by atoms with van der Waals surface area (Å²) in [7, 11) is -1.95. The number of nitrogens with zero attached hydrogens (tertiary/aromatic N) is 2. The maximum atomic E-state index is 12.6. The van der Waals surface area contributed by atoms with E-state index in [2.05, 4.69) is 5.16 Å². The fraction of sp³-hybridized carbons (Fsp3) is 0.727. The lowest BCUT2D eigenvalue weighted by atomic mass is 10.2. The predicted octanol–water partition coefficient (Wildman–Crippen LogP) is 1.09. The third kappa shape index (κ3) is 2.17. The van der Waals surface area contributed by atoms with Crippen molar-refractivity contribution >= 4 is 10.0 Å². The fourth-order valence-electron chi connectivity index (χ4n) is 2.44. The van der Waals surface area contributed by atoms with Crippen LogP contribution in [0.5, 0.6) is 0 Å². The highest BCUT2D eigenvalue weighted by Crippen LogP contribution is 2.29. The second-order valence-corrected chi connectivity index (χ2v) is 6.35. The van der Waals surface area contributed by atoms with E-state index in [0.29, 0.717) is 24.6 Å². The molecule has 0 amide bonds. The first-order valence-electron chi connectivity index (χ1n) is 5.92. The Morgan fingerprint density at radius 2 is 2.22 bits per heavy atom. The number of ether oxygens (including phenoxy) is 1. The maximum Gasteiger partial charge on any atom is 0.248 e. The maximum absolute atomic E-state index is 12.6. The van der Waals surface area contributed by atoms with Gasteiger partial charge in [-0.15, -0.1) is 0 Å². The van der Waals surface area contributed by atoms with Crippen molar-refractivity contribution in [3.05, 3.63) is 11.5 Å². The van der Waals surface area contributed by atoms with E-state index in [1.165, 1.54) is 4.31 Å². The van der Waals surface area contributed by atoms with Crippen molar-refractivity contribution in [1.29, 1.82) is 0 Å². The summed E-state index contributed by atoms with van der Waals surface area (Å²) in [6.07, 6.45) is 1.69. The van der Waals surface area contributed by atoms with Crippen LogP contribution in [0.4, 0.5) is 0 Å². The summed E-state index contributed by atoms with van der Waals surface area (Å²) in [5, 5.41) is 3.71. The van der Waals surface area contributed by atoms with E-state index in [1.54, 1.807) is 21.0 Å². The molecule has 1 aromatic rings. The monoisotopic (exact) mass is 274 g/mol. The molecule has 0 radical (unpaired) electrons. The molecular weight excluding hydrogens is 256 g/mol. The van der Waals surface area contributed by atoms with E-state index in [9.17, 15) is 8.42 Å². The molecule has 1 saturated heterocycles. The molecule has 0 spiro atoms. The summed E-state index contributed by atoms with van der Waals surface area (Å²) >= 11 is 0. The van der Waals surface area contributed by atoms with Crippen molar-refractivity contribution in [2.45, 2.75) is 37.6 Å². The summed E-state index contributed by atoms with van der Waals surface area (Å²) in [6, 6.07) is -0.0892. The van der Waals surface area contributed by atoms with Crippen molar-refractivity contribution in [3.8, 4) is 0 Å². The molecule has 0 unspecified atom stereocenters. The van der Waals surface area contributed by atoms with Gasteiger partial charge in [-0.2, -0.15) is 4.31 Å². The molecule has 1 aliphatic rings. The van der Waals surface area contributed by atoms with Gasteiger partial charge in [0.15, 0.2) is 5.76 Å². The van der Waals surface area contributed by atoms with Crippen LogP contribution in [-0.4, -0.2) is 44.2 Å². The second kappa shape index (κ2) is 4.99. The smallest absolute Gasteiger partial charge is 0.248 e. The van der Waals surface area contributed by atoms with Crippen molar-refractivity contribution in [2.24, 2.45) is 0 Å². The highest BCUT2D eigenvalue weighted by molar-refractivity contribution is 7.89. The molecule has 0 N–H and O–H groups in total. The largest absolute Gasteiger partial charge is 0.383 e. The predicted molar refractivity (Wildman–Crippen MR) is 64.8 cm³/mol. The quantitative estimate of drug-likeness (QED) is 0.821.